The van der Waals surface area contributed by atoms with Crippen molar-refractivity contribution in [3.05, 3.63) is 17.7 Å². The first kappa shape index (κ1) is 18.4. The molecule has 0 spiro atoms. The van der Waals surface area contributed by atoms with Crippen molar-refractivity contribution >= 4 is 5.97 Å². The Kier molecular flexibility index (Phi) is 6.73. The van der Waals surface area contributed by atoms with Crippen LogP contribution in [0, 0.1) is 5.92 Å². The summed E-state index contributed by atoms with van der Waals surface area (Å²) in [6.07, 6.45) is 1.87. The lowest BCUT2D eigenvalue weighted by Crippen LogP contribution is -2.39. The molecule has 1 aromatic carbocycles. The molecule has 1 aliphatic rings. The zero-order chi connectivity index (χ0) is 17.5. The van der Waals surface area contributed by atoms with Crippen LogP contribution < -0.4 is 14.2 Å². The number of benzene rings is 1. The maximum absolute atomic E-state index is 12.0. The highest BCUT2D eigenvalue weighted by Gasteiger charge is 2.28. The molecule has 0 radical (unpaired) electrons. The first-order valence-corrected chi connectivity index (χ1v) is 8.31. The molecule has 2 rings (SSSR count). The van der Waals surface area contributed by atoms with E-state index in [-0.39, 0.29) is 11.9 Å². The highest BCUT2D eigenvalue weighted by Crippen LogP contribution is 2.40. The number of methoxy groups -OCH3 is 3. The fourth-order valence-electron chi connectivity index (χ4n) is 3.18. The van der Waals surface area contributed by atoms with Gasteiger partial charge in [-0.3, -0.25) is 9.69 Å². The molecule has 0 amide bonds. The summed E-state index contributed by atoms with van der Waals surface area (Å²) in [4.78, 5) is 14.3. The van der Waals surface area contributed by atoms with Crippen molar-refractivity contribution < 1.29 is 23.7 Å². The molecule has 0 N–H and O–H groups in total. The summed E-state index contributed by atoms with van der Waals surface area (Å²) in [5.41, 5.74) is 1.01. The summed E-state index contributed by atoms with van der Waals surface area (Å²) in [6, 6.07) is 3.86. The molecule has 0 saturated carbocycles. The van der Waals surface area contributed by atoms with E-state index in [2.05, 4.69) is 4.90 Å². The van der Waals surface area contributed by atoms with Crippen LogP contribution in [0.3, 0.4) is 0 Å². The summed E-state index contributed by atoms with van der Waals surface area (Å²) < 4.78 is 21.5. The molecular weight excluding hydrogens is 310 g/mol. The Balaban J connectivity index is 2.14. The molecule has 134 valence electrons. The number of likely N-dealkylation sites (tertiary alicyclic amines) is 1. The fourth-order valence-corrected chi connectivity index (χ4v) is 3.18. The molecule has 6 nitrogen and oxygen atoms in total. The molecule has 0 bridgehead atoms. The summed E-state index contributed by atoms with van der Waals surface area (Å²) in [7, 11) is 4.83. The Bertz CT molecular complexity index is 561. The number of esters is 1. The van der Waals surface area contributed by atoms with Crippen molar-refractivity contribution in [1.82, 2.24) is 4.90 Å². The molecule has 1 unspecified atom stereocenters. The Morgan fingerprint density at radius 3 is 2.54 bits per heavy atom. The van der Waals surface area contributed by atoms with Crippen LogP contribution in [0.1, 0.15) is 25.3 Å². The van der Waals surface area contributed by atoms with Gasteiger partial charge in [0.25, 0.3) is 0 Å². The van der Waals surface area contributed by atoms with E-state index in [1.54, 1.807) is 21.3 Å². The molecular formula is C18H27NO5. The lowest BCUT2D eigenvalue weighted by molar-refractivity contribution is -0.150. The Morgan fingerprint density at radius 1 is 1.17 bits per heavy atom. The van der Waals surface area contributed by atoms with Gasteiger partial charge in [-0.15, -0.1) is 0 Å². The van der Waals surface area contributed by atoms with Gasteiger partial charge in [-0.1, -0.05) is 6.07 Å². The van der Waals surface area contributed by atoms with Crippen molar-refractivity contribution in [1.29, 1.82) is 0 Å². The summed E-state index contributed by atoms with van der Waals surface area (Å²) >= 11 is 0. The van der Waals surface area contributed by atoms with Crippen LogP contribution in [-0.4, -0.2) is 51.9 Å². The quantitative estimate of drug-likeness (QED) is 0.713. The van der Waals surface area contributed by atoms with Crippen molar-refractivity contribution in [2.24, 2.45) is 5.92 Å². The predicted molar refractivity (Wildman–Crippen MR) is 90.7 cm³/mol. The fraction of sp³-hybridized carbons (Fsp3) is 0.611. The number of nitrogens with zero attached hydrogens (tertiary/aromatic N) is 1. The second-order valence-corrected chi connectivity index (χ2v) is 5.82. The van der Waals surface area contributed by atoms with Gasteiger partial charge in [0.2, 0.25) is 5.75 Å². The minimum absolute atomic E-state index is 0.0511. The van der Waals surface area contributed by atoms with Gasteiger partial charge in [0.15, 0.2) is 11.5 Å². The topological polar surface area (TPSA) is 57.2 Å². The lowest BCUT2D eigenvalue weighted by atomic mass is 9.97. The van der Waals surface area contributed by atoms with Gasteiger partial charge in [0.1, 0.15) is 0 Å². The Hall–Kier alpha value is -1.95. The molecule has 0 aliphatic carbocycles. The van der Waals surface area contributed by atoms with Crippen LogP contribution in [0.2, 0.25) is 0 Å². The highest BCUT2D eigenvalue weighted by molar-refractivity contribution is 5.72. The molecule has 0 aromatic heterocycles. The van der Waals surface area contributed by atoms with Gasteiger partial charge in [0, 0.05) is 18.7 Å². The lowest BCUT2D eigenvalue weighted by Gasteiger charge is -2.32. The van der Waals surface area contributed by atoms with Gasteiger partial charge in [-0.25, -0.2) is 0 Å². The molecule has 1 aliphatic heterocycles. The zero-order valence-electron chi connectivity index (χ0n) is 15.0. The maximum atomic E-state index is 12.0. The first-order valence-electron chi connectivity index (χ1n) is 8.31. The van der Waals surface area contributed by atoms with E-state index >= 15 is 0 Å². The summed E-state index contributed by atoms with van der Waals surface area (Å²) in [5, 5.41) is 0. The van der Waals surface area contributed by atoms with Gasteiger partial charge in [0.05, 0.1) is 33.9 Å². The normalized spacial score (nSPS) is 18.1. The third-order valence-corrected chi connectivity index (χ3v) is 4.31. The van der Waals surface area contributed by atoms with Gasteiger partial charge >= 0.3 is 5.97 Å². The van der Waals surface area contributed by atoms with E-state index in [1.807, 2.05) is 19.1 Å². The number of carbonyl (C=O) groups excluding carboxylic acids is 1. The number of rotatable bonds is 7. The van der Waals surface area contributed by atoms with Crippen LogP contribution in [0.25, 0.3) is 0 Å². The molecule has 6 heteroatoms. The summed E-state index contributed by atoms with van der Waals surface area (Å²) in [5.74, 6) is 1.76. The smallest absolute Gasteiger partial charge is 0.310 e. The minimum atomic E-state index is -0.0959. The molecule has 1 saturated heterocycles. The number of piperidine rings is 1. The molecule has 1 atom stereocenters. The maximum Gasteiger partial charge on any atom is 0.310 e. The van der Waals surface area contributed by atoms with Crippen molar-refractivity contribution in [3.8, 4) is 17.2 Å². The number of ether oxygens (including phenoxy) is 4. The van der Waals surface area contributed by atoms with Crippen LogP contribution in [-0.2, 0) is 16.1 Å². The zero-order valence-corrected chi connectivity index (χ0v) is 15.0. The largest absolute Gasteiger partial charge is 0.493 e. The third kappa shape index (κ3) is 4.12. The van der Waals surface area contributed by atoms with Gasteiger partial charge < -0.3 is 18.9 Å². The Morgan fingerprint density at radius 2 is 1.92 bits per heavy atom. The SMILES string of the molecule is CCOC(=O)C1CCCN(Cc2ccc(OC)c(OC)c2OC)C1. The number of hydrogen-bond acceptors (Lipinski definition) is 6. The van der Waals surface area contributed by atoms with Crippen LogP contribution >= 0.6 is 0 Å². The van der Waals surface area contributed by atoms with Crippen molar-refractivity contribution in [2.75, 3.05) is 41.0 Å². The van der Waals surface area contributed by atoms with E-state index < -0.39 is 0 Å². The molecule has 1 aromatic rings. The molecule has 24 heavy (non-hydrogen) atoms. The molecule has 1 fully saturated rings. The average molecular weight is 337 g/mol. The van der Waals surface area contributed by atoms with E-state index in [9.17, 15) is 4.79 Å². The van der Waals surface area contributed by atoms with Gasteiger partial charge in [-0.05, 0) is 32.4 Å². The number of carbonyl (C=O) groups is 1. The van der Waals surface area contributed by atoms with Crippen LogP contribution in [0.5, 0.6) is 17.2 Å². The highest BCUT2D eigenvalue weighted by atomic mass is 16.5. The average Bonchev–Trinajstić information content (AvgIpc) is 2.61. The first-order chi connectivity index (χ1) is 11.6. The van der Waals surface area contributed by atoms with Crippen molar-refractivity contribution in [3.63, 3.8) is 0 Å². The summed E-state index contributed by atoms with van der Waals surface area (Å²) in [6.45, 7) is 4.62. The second-order valence-electron chi connectivity index (χ2n) is 5.82. The van der Waals surface area contributed by atoms with E-state index in [1.165, 1.54) is 0 Å². The molecule has 1 heterocycles. The Labute approximate surface area is 143 Å². The minimum Gasteiger partial charge on any atom is -0.493 e. The third-order valence-electron chi connectivity index (χ3n) is 4.31. The standard InChI is InChI=1S/C18H27NO5/c1-5-24-18(20)14-7-6-10-19(12-14)11-13-8-9-15(21-2)17(23-4)16(13)22-3/h8-9,14H,5-7,10-12H2,1-4H3. The van der Waals surface area contributed by atoms with Gasteiger partial charge in [-0.2, -0.15) is 0 Å². The monoisotopic (exact) mass is 337 g/mol. The number of hydrogen-bond donors (Lipinski definition) is 0. The second kappa shape index (κ2) is 8.78. The van der Waals surface area contributed by atoms with Crippen molar-refractivity contribution in [2.45, 2.75) is 26.3 Å². The predicted octanol–water partition coefficient (Wildman–Crippen LogP) is 2.49. The van der Waals surface area contributed by atoms with E-state index in [0.29, 0.717) is 36.9 Å². The van der Waals surface area contributed by atoms with E-state index in [0.717, 1.165) is 24.9 Å². The van der Waals surface area contributed by atoms with Crippen LogP contribution in [0.4, 0.5) is 0 Å². The van der Waals surface area contributed by atoms with Crippen LogP contribution in [0.15, 0.2) is 12.1 Å². The van der Waals surface area contributed by atoms with E-state index in [4.69, 9.17) is 18.9 Å².